The number of ether oxygens (including phenoxy) is 1. The number of thiophene rings is 1. The average Bonchev–Trinajstić information content (AvgIpc) is 3.50. The maximum Gasteiger partial charge on any atom is 0.261 e. The molecule has 0 saturated heterocycles. The number of aromatic nitrogens is 3. The SMILES string of the molecule is COc1cccc(CSc2nnc(C(C)NC(=O)c3cccs3)n2-c2cc(Cl)ccc2Cl)c1. The summed E-state index contributed by atoms with van der Waals surface area (Å²) < 4.78 is 7.16. The molecule has 2 aromatic carbocycles. The summed E-state index contributed by atoms with van der Waals surface area (Å²) in [4.78, 5) is 13.2. The van der Waals surface area contributed by atoms with Crippen molar-refractivity contribution in [3.63, 3.8) is 0 Å². The van der Waals surface area contributed by atoms with Gasteiger partial charge in [0, 0.05) is 10.8 Å². The summed E-state index contributed by atoms with van der Waals surface area (Å²) in [5.74, 6) is 1.81. The largest absolute Gasteiger partial charge is 0.497 e. The van der Waals surface area contributed by atoms with Crippen molar-refractivity contribution >= 4 is 52.2 Å². The molecule has 1 N–H and O–H groups in total. The predicted octanol–water partition coefficient (Wildman–Crippen LogP) is 6.43. The Hall–Kier alpha value is -2.52. The molecule has 2 heterocycles. The smallest absolute Gasteiger partial charge is 0.261 e. The number of rotatable bonds is 8. The lowest BCUT2D eigenvalue weighted by molar-refractivity contribution is 0.0942. The molecule has 33 heavy (non-hydrogen) atoms. The maximum absolute atomic E-state index is 12.6. The van der Waals surface area contributed by atoms with Gasteiger partial charge < -0.3 is 10.1 Å². The molecule has 1 atom stereocenters. The fraction of sp³-hybridized carbons (Fsp3) is 0.174. The molecule has 0 aliphatic rings. The van der Waals surface area contributed by atoms with Gasteiger partial charge in [-0.05, 0) is 54.3 Å². The Morgan fingerprint density at radius 3 is 2.79 bits per heavy atom. The van der Waals surface area contributed by atoms with Crippen LogP contribution in [0.25, 0.3) is 5.69 Å². The Morgan fingerprint density at radius 2 is 2.03 bits per heavy atom. The lowest BCUT2D eigenvalue weighted by Gasteiger charge is -2.17. The van der Waals surface area contributed by atoms with E-state index in [1.165, 1.54) is 23.1 Å². The second-order valence-corrected chi connectivity index (χ2v) is 9.82. The van der Waals surface area contributed by atoms with Crippen LogP contribution in [0.2, 0.25) is 10.0 Å². The molecule has 2 aromatic heterocycles. The molecule has 0 aliphatic heterocycles. The van der Waals surface area contributed by atoms with Gasteiger partial charge in [-0.1, -0.05) is 53.2 Å². The van der Waals surface area contributed by atoms with Crippen LogP contribution in [-0.4, -0.2) is 27.8 Å². The van der Waals surface area contributed by atoms with E-state index in [4.69, 9.17) is 27.9 Å². The van der Waals surface area contributed by atoms with E-state index in [0.717, 1.165) is 11.3 Å². The van der Waals surface area contributed by atoms with Crippen LogP contribution in [-0.2, 0) is 5.75 Å². The summed E-state index contributed by atoms with van der Waals surface area (Å²) in [6.07, 6.45) is 0. The zero-order valence-electron chi connectivity index (χ0n) is 17.8. The molecule has 0 saturated carbocycles. The minimum Gasteiger partial charge on any atom is -0.497 e. The third-order valence-electron chi connectivity index (χ3n) is 4.79. The van der Waals surface area contributed by atoms with Gasteiger partial charge in [-0.2, -0.15) is 0 Å². The first kappa shape index (κ1) is 23.6. The van der Waals surface area contributed by atoms with E-state index in [1.807, 2.05) is 47.2 Å². The first-order chi connectivity index (χ1) is 16.0. The summed E-state index contributed by atoms with van der Waals surface area (Å²) in [5, 5.41) is 15.3. The number of nitrogens with one attached hydrogen (secondary N) is 1. The van der Waals surface area contributed by atoms with E-state index in [9.17, 15) is 4.79 Å². The number of carbonyl (C=O) groups is 1. The fourth-order valence-electron chi connectivity index (χ4n) is 3.19. The third kappa shape index (κ3) is 5.52. The Morgan fingerprint density at radius 1 is 1.18 bits per heavy atom. The molecule has 10 heteroatoms. The summed E-state index contributed by atoms with van der Waals surface area (Å²) in [6, 6.07) is 16.3. The van der Waals surface area contributed by atoms with Gasteiger partial charge in [-0.25, -0.2) is 0 Å². The highest BCUT2D eigenvalue weighted by atomic mass is 35.5. The van der Waals surface area contributed by atoms with Gasteiger partial charge in [0.15, 0.2) is 11.0 Å². The van der Waals surface area contributed by atoms with E-state index < -0.39 is 6.04 Å². The quantitative estimate of drug-likeness (QED) is 0.272. The fourth-order valence-corrected chi connectivity index (χ4v) is 5.08. The molecule has 0 spiro atoms. The number of nitrogens with zero attached hydrogens (tertiary/aromatic N) is 3. The van der Waals surface area contributed by atoms with Gasteiger partial charge in [-0.15, -0.1) is 21.5 Å². The van der Waals surface area contributed by atoms with E-state index in [0.29, 0.717) is 37.3 Å². The van der Waals surface area contributed by atoms with Crippen LogP contribution in [0.4, 0.5) is 0 Å². The molecule has 4 rings (SSSR count). The number of amides is 1. The van der Waals surface area contributed by atoms with Gasteiger partial charge >= 0.3 is 0 Å². The van der Waals surface area contributed by atoms with E-state index >= 15 is 0 Å². The molecule has 0 bridgehead atoms. The maximum atomic E-state index is 12.6. The Bertz CT molecular complexity index is 1260. The molecule has 0 aliphatic carbocycles. The first-order valence-corrected chi connectivity index (χ1v) is 12.6. The molecule has 6 nitrogen and oxygen atoms in total. The van der Waals surface area contributed by atoms with Crippen molar-refractivity contribution in [1.82, 2.24) is 20.1 Å². The van der Waals surface area contributed by atoms with Crippen LogP contribution in [0.3, 0.4) is 0 Å². The molecular weight excluding hydrogens is 499 g/mol. The van der Waals surface area contributed by atoms with Crippen molar-refractivity contribution in [2.24, 2.45) is 0 Å². The predicted molar refractivity (Wildman–Crippen MR) is 134 cm³/mol. The number of thioether (sulfide) groups is 1. The van der Waals surface area contributed by atoms with E-state index in [1.54, 1.807) is 31.4 Å². The molecule has 170 valence electrons. The Balaban J connectivity index is 1.67. The van der Waals surface area contributed by atoms with Crippen LogP contribution >= 0.6 is 46.3 Å². The van der Waals surface area contributed by atoms with Crippen molar-refractivity contribution in [3.8, 4) is 11.4 Å². The standard InChI is InChI=1S/C23H20Cl2N4O2S2/c1-14(26-22(30)20-7-4-10-32-20)21-27-28-23(29(21)19-12-16(24)8-9-18(19)25)33-13-15-5-3-6-17(11-15)31-2/h3-12,14H,13H2,1-2H3,(H,26,30). The second-order valence-electron chi connectivity index (χ2n) is 7.08. The highest BCUT2D eigenvalue weighted by Gasteiger charge is 2.23. The van der Waals surface area contributed by atoms with Crippen LogP contribution in [0, 0.1) is 0 Å². The summed E-state index contributed by atoms with van der Waals surface area (Å²) in [5.41, 5.74) is 1.72. The van der Waals surface area contributed by atoms with Gasteiger partial charge in [-0.3, -0.25) is 9.36 Å². The number of carbonyl (C=O) groups excluding carboxylic acids is 1. The lowest BCUT2D eigenvalue weighted by Crippen LogP contribution is -2.28. The molecule has 1 amide bonds. The number of hydrogen-bond donors (Lipinski definition) is 1. The number of methoxy groups -OCH3 is 1. The number of hydrogen-bond acceptors (Lipinski definition) is 6. The van der Waals surface area contributed by atoms with Crippen LogP contribution in [0.15, 0.2) is 65.1 Å². The zero-order chi connectivity index (χ0) is 23.4. The van der Waals surface area contributed by atoms with Crippen LogP contribution in [0.5, 0.6) is 5.75 Å². The van der Waals surface area contributed by atoms with Gasteiger partial charge in [0.25, 0.3) is 5.91 Å². The molecule has 0 radical (unpaired) electrons. The first-order valence-electron chi connectivity index (χ1n) is 9.97. The highest BCUT2D eigenvalue weighted by Crippen LogP contribution is 2.33. The normalized spacial score (nSPS) is 11.9. The summed E-state index contributed by atoms with van der Waals surface area (Å²) >= 11 is 15.7. The van der Waals surface area contributed by atoms with E-state index in [-0.39, 0.29) is 5.91 Å². The number of benzene rings is 2. The van der Waals surface area contributed by atoms with Crippen molar-refractivity contribution < 1.29 is 9.53 Å². The third-order valence-corrected chi connectivity index (χ3v) is 7.21. The van der Waals surface area contributed by atoms with Crippen molar-refractivity contribution in [2.75, 3.05) is 7.11 Å². The van der Waals surface area contributed by atoms with Crippen molar-refractivity contribution in [3.05, 3.63) is 86.3 Å². The minimum absolute atomic E-state index is 0.171. The molecule has 4 aromatic rings. The second kappa shape index (κ2) is 10.6. The molecule has 1 unspecified atom stereocenters. The van der Waals surface area contributed by atoms with Crippen LogP contribution < -0.4 is 10.1 Å². The van der Waals surface area contributed by atoms with Gasteiger partial charge in [0.05, 0.1) is 28.7 Å². The van der Waals surface area contributed by atoms with E-state index in [2.05, 4.69) is 15.5 Å². The lowest BCUT2D eigenvalue weighted by atomic mass is 10.2. The summed E-state index contributed by atoms with van der Waals surface area (Å²) in [7, 11) is 1.64. The van der Waals surface area contributed by atoms with Crippen molar-refractivity contribution in [2.45, 2.75) is 23.9 Å². The summed E-state index contributed by atoms with van der Waals surface area (Å²) in [6.45, 7) is 1.86. The zero-order valence-corrected chi connectivity index (χ0v) is 20.9. The average molecular weight is 519 g/mol. The topological polar surface area (TPSA) is 69.0 Å². The highest BCUT2D eigenvalue weighted by molar-refractivity contribution is 7.98. The van der Waals surface area contributed by atoms with Gasteiger partial charge in [0.1, 0.15) is 5.75 Å². The van der Waals surface area contributed by atoms with Gasteiger partial charge in [0.2, 0.25) is 0 Å². The molecular formula is C23H20Cl2N4O2S2. The monoisotopic (exact) mass is 518 g/mol. The Kier molecular flexibility index (Phi) is 7.60. The number of halogens is 2. The Labute approximate surface area is 209 Å². The minimum atomic E-state index is -0.423. The van der Waals surface area contributed by atoms with Crippen LogP contribution in [0.1, 0.15) is 34.0 Å². The molecule has 0 fully saturated rings. The van der Waals surface area contributed by atoms with Crippen molar-refractivity contribution in [1.29, 1.82) is 0 Å².